The van der Waals surface area contributed by atoms with Crippen LogP contribution in [0.2, 0.25) is 0 Å². The second-order valence-corrected chi connectivity index (χ2v) is 7.65. The van der Waals surface area contributed by atoms with Crippen LogP contribution < -0.4 is 10.5 Å². The summed E-state index contributed by atoms with van der Waals surface area (Å²) in [6.45, 7) is 2.87. The molecule has 1 aliphatic rings. The molecule has 112 valence electrons. The summed E-state index contributed by atoms with van der Waals surface area (Å²) >= 11 is 0. The third kappa shape index (κ3) is 3.86. The molecule has 0 amide bonds. The minimum atomic E-state index is -3.25. The Morgan fingerprint density at radius 1 is 1.40 bits per heavy atom. The summed E-state index contributed by atoms with van der Waals surface area (Å²) < 4.78 is 31.1. The summed E-state index contributed by atoms with van der Waals surface area (Å²) in [6, 6.07) is 7.08. The van der Waals surface area contributed by atoms with Crippen LogP contribution in [0, 0.1) is 11.8 Å². The van der Waals surface area contributed by atoms with E-state index >= 15 is 0 Å². The number of hydrogen-bond acceptors (Lipinski definition) is 4. The van der Waals surface area contributed by atoms with Crippen molar-refractivity contribution in [3.05, 3.63) is 24.3 Å². The number of rotatable bonds is 7. The summed E-state index contributed by atoms with van der Waals surface area (Å²) in [6.07, 6.45) is 1.12. The van der Waals surface area contributed by atoms with Gasteiger partial charge in [0.2, 0.25) is 10.0 Å². The van der Waals surface area contributed by atoms with Crippen LogP contribution in [0.15, 0.2) is 24.3 Å². The Labute approximate surface area is 120 Å². The molecule has 0 radical (unpaired) electrons. The van der Waals surface area contributed by atoms with Crippen molar-refractivity contribution in [2.45, 2.75) is 13.3 Å². The van der Waals surface area contributed by atoms with Crippen LogP contribution >= 0.6 is 0 Å². The number of hydrogen-bond donors (Lipinski definition) is 1. The minimum Gasteiger partial charge on any atom is -0.490 e. The molecule has 1 aromatic carbocycles. The topological polar surface area (TPSA) is 72.6 Å². The molecular weight excluding hydrogens is 276 g/mol. The average molecular weight is 298 g/mol. The first-order valence-corrected chi connectivity index (χ1v) is 8.42. The van der Waals surface area contributed by atoms with Crippen molar-refractivity contribution in [1.29, 1.82) is 0 Å². The van der Waals surface area contributed by atoms with E-state index in [1.807, 2.05) is 6.07 Å². The van der Waals surface area contributed by atoms with Gasteiger partial charge in [-0.05, 0) is 30.4 Å². The van der Waals surface area contributed by atoms with Gasteiger partial charge in [0.25, 0.3) is 0 Å². The largest absolute Gasteiger partial charge is 0.490 e. The van der Waals surface area contributed by atoms with Crippen molar-refractivity contribution in [2.24, 2.45) is 11.8 Å². The van der Waals surface area contributed by atoms with Gasteiger partial charge in [0, 0.05) is 13.6 Å². The van der Waals surface area contributed by atoms with Crippen molar-refractivity contribution < 1.29 is 13.2 Å². The second-order valence-electron chi connectivity index (χ2n) is 5.46. The third-order valence-corrected chi connectivity index (χ3v) is 5.54. The molecule has 0 spiro atoms. The smallest absolute Gasteiger partial charge is 0.217 e. The summed E-state index contributed by atoms with van der Waals surface area (Å²) in [5, 5.41) is 0. The van der Waals surface area contributed by atoms with Gasteiger partial charge in [-0.3, -0.25) is 0 Å². The number of nitrogens with two attached hydrogens (primary N) is 1. The summed E-state index contributed by atoms with van der Waals surface area (Å²) in [5.74, 6) is 1.66. The van der Waals surface area contributed by atoms with Crippen molar-refractivity contribution in [2.75, 3.05) is 31.7 Å². The van der Waals surface area contributed by atoms with Gasteiger partial charge >= 0.3 is 0 Å². The molecule has 0 aromatic heterocycles. The first-order chi connectivity index (χ1) is 9.40. The van der Waals surface area contributed by atoms with E-state index in [1.165, 1.54) is 4.31 Å². The van der Waals surface area contributed by atoms with Crippen molar-refractivity contribution in [3.8, 4) is 5.75 Å². The second kappa shape index (κ2) is 6.01. The fourth-order valence-corrected chi connectivity index (χ4v) is 3.15. The van der Waals surface area contributed by atoms with E-state index in [0.29, 0.717) is 29.8 Å². The van der Waals surface area contributed by atoms with E-state index in [9.17, 15) is 8.42 Å². The Kier molecular flexibility index (Phi) is 4.55. The van der Waals surface area contributed by atoms with Crippen LogP contribution in [0.1, 0.15) is 13.3 Å². The zero-order valence-electron chi connectivity index (χ0n) is 12.0. The van der Waals surface area contributed by atoms with Crippen LogP contribution in [0.3, 0.4) is 0 Å². The molecule has 0 saturated heterocycles. The SMILES string of the molecule is CC1CC1CN(C)S(=O)(=O)CCOc1ccccc1N. The van der Waals surface area contributed by atoms with Crippen molar-refractivity contribution in [3.63, 3.8) is 0 Å². The highest BCUT2D eigenvalue weighted by Gasteiger charge is 2.35. The summed E-state index contributed by atoms with van der Waals surface area (Å²) in [7, 11) is -1.62. The van der Waals surface area contributed by atoms with Crippen molar-refractivity contribution in [1.82, 2.24) is 4.31 Å². The Morgan fingerprint density at radius 3 is 2.65 bits per heavy atom. The maximum Gasteiger partial charge on any atom is 0.217 e. The Morgan fingerprint density at radius 2 is 2.05 bits per heavy atom. The molecule has 1 aromatic rings. The molecule has 2 rings (SSSR count). The molecule has 20 heavy (non-hydrogen) atoms. The molecule has 1 fully saturated rings. The van der Waals surface area contributed by atoms with Crippen LogP contribution in [-0.2, 0) is 10.0 Å². The molecule has 5 nitrogen and oxygen atoms in total. The van der Waals surface area contributed by atoms with E-state index in [-0.39, 0.29) is 12.4 Å². The van der Waals surface area contributed by atoms with Gasteiger partial charge in [0.15, 0.2) is 0 Å². The highest BCUT2D eigenvalue weighted by Crippen LogP contribution is 2.38. The molecule has 6 heteroatoms. The number of para-hydroxylation sites is 2. The van der Waals surface area contributed by atoms with Gasteiger partial charge in [0.05, 0.1) is 11.4 Å². The predicted molar refractivity (Wildman–Crippen MR) is 80.0 cm³/mol. The Hall–Kier alpha value is -1.27. The maximum atomic E-state index is 12.1. The number of sulfonamides is 1. The predicted octanol–water partition coefficient (Wildman–Crippen LogP) is 1.57. The Bertz CT molecular complexity index is 559. The van der Waals surface area contributed by atoms with E-state index in [0.717, 1.165) is 6.42 Å². The van der Waals surface area contributed by atoms with Gasteiger partial charge in [0.1, 0.15) is 12.4 Å². The molecular formula is C14H22N2O3S. The summed E-state index contributed by atoms with van der Waals surface area (Å²) in [4.78, 5) is 0. The van der Waals surface area contributed by atoms with Crippen molar-refractivity contribution >= 4 is 15.7 Å². The highest BCUT2D eigenvalue weighted by atomic mass is 32.2. The lowest BCUT2D eigenvalue weighted by Gasteiger charge is -2.17. The summed E-state index contributed by atoms with van der Waals surface area (Å²) in [5.41, 5.74) is 6.25. The van der Waals surface area contributed by atoms with E-state index in [1.54, 1.807) is 25.2 Å². The zero-order valence-corrected chi connectivity index (χ0v) is 12.8. The van der Waals surface area contributed by atoms with Crippen LogP contribution in [0.25, 0.3) is 0 Å². The molecule has 2 N–H and O–H groups in total. The van der Waals surface area contributed by atoms with E-state index < -0.39 is 10.0 Å². The molecule has 1 aliphatic carbocycles. The lowest BCUT2D eigenvalue weighted by Crippen LogP contribution is -2.33. The third-order valence-electron chi connectivity index (χ3n) is 3.76. The normalized spacial score (nSPS) is 21.9. The lowest BCUT2D eigenvalue weighted by atomic mass is 10.3. The molecule has 2 unspecified atom stereocenters. The van der Waals surface area contributed by atoms with Gasteiger partial charge in [-0.25, -0.2) is 12.7 Å². The first-order valence-electron chi connectivity index (χ1n) is 6.81. The molecule has 0 heterocycles. The average Bonchev–Trinajstić information content (AvgIpc) is 3.07. The zero-order chi connectivity index (χ0) is 14.8. The Balaban J connectivity index is 1.81. The van der Waals surface area contributed by atoms with Crippen LogP contribution in [0.5, 0.6) is 5.75 Å². The number of benzene rings is 1. The lowest BCUT2D eigenvalue weighted by molar-refractivity contribution is 0.337. The molecule has 1 saturated carbocycles. The van der Waals surface area contributed by atoms with Crippen LogP contribution in [0.4, 0.5) is 5.69 Å². The quantitative estimate of drug-likeness (QED) is 0.775. The number of anilines is 1. The fourth-order valence-electron chi connectivity index (χ4n) is 2.12. The van der Waals surface area contributed by atoms with E-state index in [2.05, 4.69) is 6.92 Å². The van der Waals surface area contributed by atoms with E-state index in [4.69, 9.17) is 10.5 Å². The standard InChI is InChI=1S/C14H22N2O3S/c1-11-9-12(11)10-16(2)20(17,18)8-7-19-14-6-4-3-5-13(14)15/h3-6,11-12H,7-10,15H2,1-2H3. The highest BCUT2D eigenvalue weighted by molar-refractivity contribution is 7.89. The number of ether oxygens (including phenoxy) is 1. The fraction of sp³-hybridized carbons (Fsp3) is 0.571. The first kappa shape index (κ1) is 15.1. The number of nitrogen functional groups attached to an aromatic ring is 1. The monoisotopic (exact) mass is 298 g/mol. The molecule has 2 atom stereocenters. The molecule has 0 aliphatic heterocycles. The minimum absolute atomic E-state index is 0.0288. The molecule has 0 bridgehead atoms. The van der Waals surface area contributed by atoms with Gasteiger partial charge in [-0.1, -0.05) is 19.1 Å². The van der Waals surface area contributed by atoms with Gasteiger partial charge < -0.3 is 10.5 Å². The van der Waals surface area contributed by atoms with Gasteiger partial charge in [-0.2, -0.15) is 0 Å². The number of nitrogens with zero attached hydrogens (tertiary/aromatic N) is 1. The maximum absolute atomic E-state index is 12.1. The van der Waals surface area contributed by atoms with Crippen LogP contribution in [-0.4, -0.2) is 38.7 Å². The van der Waals surface area contributed by atoms with Gasteiger partial charge in [-0.15, -0.1) is 0 Å².